The molecular weight excluding hydrogens is 288 g/mol. The Kier molecular flexibility index (Phi) is 8.96. The van der Waals surface area contributed by atoms with Gasteiger partial charge >= 0.3 is 6.09 Å². The summed E-state index contributed by atoms with van der Waals surface area (Å²) in [5.41, 5.74) is -0.408. The summed E-state index contributed by atoms with van der Waals surface area (Å²) in [7, 11) is 0. The van der Waals surface area contributed by atoms with Crippen LogP contribution in [-0.2, 0) is 4.74 Å². The van der Waals surface area contributed by atoms with Crippen LogP contribution in [0.4, 0.5) is 4.79 Å². The van der Waals surface area contributed by atoms with E-state index in [0.29, 0.717) is 12.0 Å². The largest absolute Gasteiger partial charge is 0.444 e. The first-order chi connectivity index (χ1) is 10.9. The standard InChI is InChI=1S/C19H38N2O2/c1-6-8-9-10-11-17(20-13-7-2)16-12-14-21(15-16)18(22)23-19(3,4)5/h16-17,20H,6-15H2,1-5H3. The minimum Gasteiger partial charge on any atom is -0.444 e. The number of ether oxygens (including phenoxy) is 1. The van der Waals surface area contributed by atoms with E-state index >= 15 is 0 Å². The molecule has 1 aliphatic heterocycles. The lowest BCUT2D eigenvalue weighted by molar-refractivity contribution is 0.0285. The van der Waals surface area contributed by atoms with Crippen molar-refractivity contribution in [2.75, 3.05) is 19.6 Å². The molecular formula is C19H38N2O2. The molecule has 4 heteroatoms. The van der Waals surface area contributed by atoms with Gasteiger partial charge < -0.3 is 15.0 Å². The van der Waals surface area contributed by atoms with Gasteiger partial charge in [-0.25, -0.2) is 4.79 Å². The van der Waals surface area contributed by atoms with E-state index in [1.807, 2.05) is 25.7 Å². The quantitative estimate of drug-likeness (QED) is 0.630. The maximum atomic E-state index is 12.2. The van der Waals surface area contributed by atoms with E-state index in [1.54, 1.807) is 0 Å². The van der Waals surface area contributed by atoms with Gasteiger partial charge in [0.25, 0.3) is 0 Å². The molecule has 0 aliphatic carbocycles. The molecule has 1 amide bonds. The lowest BCUT2D eigenvalue weighted by Crippen LogP contribution is -2.40. The van der Waals surface area contributed by atoms with E-state index in [9.17, 15) is 4.79 Å². The van der Waals surface area contributed by atoms with Crippen molar-refractivity contribution in [3.8, 4) is 0 Å². The molecule has 0 spiro atoms. The summed E-state index contributed by atoms with van der Waals surface area (Å²) in [5, 5.41) is 3.72. The molecule has 1 fully saturated rings. The van der Waals surface area contributed by atoms with Crippen LogP contribution in [0.1, 0.15) is 79.6 Å². The summed E-state index contributed by atoms with van der Waals surface area (Å²) in [4.78, 5) is 14.1. The summed E-state index contributed by atoms with van der Waals surface area (Å²) < 4.78 is 5.51. The molecule has 0 aromatic rings. The lowest BCUT2D eigenvalue weighted by atomic mass is 9.93. The second-order valence-electron chi connectivity index (χ2n) is 7.89. The second-order valence-corrected chi connectivity index (χ2v) is 7.89. The zero-order valence-corrected chi connectivity index (χ0v) is 16.0. The molecule has 4 nitrogen and oxygen atoms in total. The Labute approximate surface area is 143 Å². The minimum atomic E-state index is -0.408. The number of hydrogen-bond acceptors (Lipinski definition) is 3. The van der Waals surface area contributed by atoms with Crippen LogP contribution in [0.15, 0.2) is 0 Å². The van der Waals surface area contributed by atoms with Crippen LogP contribution in [0, 0.1) is 5.92 Å². The number of unbranched alkanes of at least 4 members (excludes halogenated alkanes) is 3. The summed E-state index contributed by atoms with van der Waals surface area (Å²) in [6.45, 7) is 13.0. The van der Waals surface area contributed by atoms with Gasteiger partial charge in [0.05, 0.1) is 0 Å². The molecule has 2 unspecified atom stereocenters. The van der Waals surface area contributed by atoms with Crippen LogP contribution >= 0.6 is 0 Å². The number of likely N-dealkylation sites (tertiary alicyclic amines) is 1. The van der Waals surface area contributed by atoms with Crippen molar-refractivity contribution >= 4 is 6.09 Å². The number of carbonyl (C=O) groups excluding carboxylic acids is 1. The lowest BCUT2D eigenvalue weighted by Gasteiger charge is -2.27. The highest BCUT2D eigenvalue weighted by atomic mass is 16.6. The third kappa shape index (κ3) is 8.05. The summed E-state index contributed by atoms with van der Waals surface area (Å²) >= 11 is 0. The van der Waals surface area contributed by atoms with Gasteiger partial charge in [-0.1, -0.05) is 39.5 Å². The molecule has 2 atom stereocenters. The van der Waals surface area contributed by atoms with E-state index in [2.05, 4.69) is 19.2 Å². The van der Waals surface area contributed by atoms with Crippen molar-refractivity contribution in [3.63, 3.8) is 0 Å². The Balaban J connectivity index is 2.47. The third-order valence-electron chi connectivity index (χ3n) is 4.47. The van der Waals surface area contributed by atoms with Crippen LogP contribution in [-0.4, -0.2) is 42.3 Å². The zero-order valence-electron chi connectivity index (χ0n) is 16.0. The molecule has 136 valence electrons. The van der Waals surface area contributed by atoms with Crippen LogP contribution in [0.2, 0.25) is 0 Å². The van der Waals surface area contributed by atoms with Crippen molar-refractivity contribution < 1.29 is 9.53 Å². The van der Waals surface area contributed by atoms with Gasteiger partial charge in [-0.2, -0.15) is 0 Å². The van der Waals surface area contributed by atoms with Crippen molar-refractivity contribution in [3.05, 3.63) is 0 Å². The van der Waals surface area contributed by atoms with E-state index in [1.165, 1.54) is 32.1 Å². The van der Waals surface area contributed by atoms with Crippen LogP contribution in [0.5, 0.6) is 0 Å². The highest BCUT2D eigenvalue weighted by Crippen LogP contribution is 2.25. The van der Waals surface area contributed by atoms with E-state index in [0.717, 1.165) is 32.5 Å². The fourth-order valence-electron chi connectivity index (χ4n) is 3.23. The van der Waals surface area contributed by atoms with Gasteiger partial charge in [0, 0.05) is 19.1 Å². The van der Waals surface area contributed by atoms with E-state index in [4.69, 9.17) is 4.74 Å². The minimum absolute atomic E-state index is 0.153. The average Bonchev–Trinajstić information content (AvgIpc) is 2.94. The molecule has 1 N–H and O–H groups in total. The molecule has 23 heavy (non-hydrogen) atoms. The number of carbonyl (C=O) groups is 1. The fourth-order valence-corrected chi connectivity index (χ4v) is 3.23. The van der Waals surface area contributed by atoms with Crippen molar-refractivity contribution in [2.45, 2.75) is 91.2 Å². The van der Waals surface area contributed by atoms with Crippen molar-refractivity contribution in [2.24, 2.45) is 5.92 Å². The van der Waals surface area contributed by atoms with Gasteiger partial charge in [0.1, 0.15) is 5.60 Å². The number of hydrogen-bond donors (Lipinski definition) is 1. The van der Waals surface area contributed by atoms with Crippen LogP contribution < -0.4 is 5.32 Å². The molecule has 1 saturated heterocycles. The zero-order chi connectivity index (χ0) is 17.3. The Bertz CT molecular complexity index is 339. The van der Waals surface area contributed by atoms with Gasteiger partial charge in [0.15, 0.2) is 0 Å². The molecule has 1 aliphatic rings. The van der Waals surface area contributed by atoms with Gasteiger partial charge in [0.2, 0.25) is 0 Å². The van der Waals surface area contributed by atoms with E-state index < -0.39 is 5.60 Å². The first-order valence-electron chi connectivity index (χ1n) is 9.58. The maximum absolute atomic E-state index is 12.2. The van der Waals surface area contributed by atoms with Gasteiger partial charge in [-0.3, -0.25) is 0 Å². The summed E-state index contributed by atoms with van der Waals surface area (Å²) in [6.07, 6.45) is 8.55. The van der Waals surface area contributed by atoms with Crippen molar-refractivity contribution in [1.82, 2.24) is 10.2 Å². The molecule has 1 heterocycles. The Morgan fingerprint density at radius 2 is 1.96 bits per heavy atom. The van der Waals surface area contributed by atoms with Crippen molar-refractivity contribution in [1.29, 1.82) is 0 Å². The smallest absolute Gasteiger partial charge is 0.410 e. The number of nitrogens with one attached hydrogen (secondary N) is 1. The summed E-state index contributed by atoms with van der Waals surface area (Å²) in [5.74, 6) is 0.565. The predicted octanol–water partition coefficient (Wildman–Crippen LogP) is 4.58. The normalized spacial score (nSPS) is 19.9. The molecule has 0 saturated carbocycles. The van der Waals surface area contributed by atoms with E-state index in [-0.39, 0.29) is 6.09 Å². The van der Waals surface area contributed by atoms with Gasteiger partial charge in [-0.15, -0.1) is 0 Å². The molecule has 0 aromatic heterocycles. The second kappa shape index (κ2) is 10.2. The Morgan fingerprint density at radius 3 is 2.57 bits per heavy atom. The molecule has 0 bridgehead atoms. The number of nitrogens with zero attached hydrogens (tertiary/aromatic N) is 1. The van der Waals surface area contributed by atoms with Crippen LogP contribution in [0.25, 0.3) is 0 Å². The Hall–Kier alpha value is -0.770. The molecule has 0 radical (unpaired) electrons. The molecule has 1 rings (SSSR count). The third-order valence-corrected chi connectivity index (χ3v) is 4.47. The number of amides is 1. The average molecular weight is 327 g/mol. The predicted molar refractivity (Wildman–Crippen MR) is 96.8 cm³/mol. The van der Waals surface area contributed by atoms with Crippen LogP contribution in [0.3, 0.4) is 0 Å². The number of rotatable bonds is 9. The topological polar surface area (TPSA) is 41.6 Å². The SMILES string of the molecule is CCCCCCC(NCCC)C1CCN(C(=O)OC(C)(C)C)C1. The molecule has 0 aromatic carbocycles. The monoisotopic (exact) mass is 326 g/mol. The fraction of sp³-hybridized carbons (Fsp3) is 0.947. The Morgan fingerprint density at radius 1 is 1.22 bits per heavy atom. The highest BCUT2D eigenvalue weighted by Gasteiger charge is 2.33. The first-order valence-corrected chi connectivity index (χ1v) is 9.58. The first kappa shape index (κ1) is 20.3. The maximum Gasteiger partial charge on any atom is 0.410 e. The highest BCUT2D eigenvalue weighted by molar-refractivity contribution is 5.68. The van der Waals surface area contributed by atoms with Gasteiger partial charge in [-0.05, 0) is 52.5 Å². The summed E-state index contributed by atoms with van der Waals surface area (Å²) in [6, 6.07) is 0.541.